The zero-order chi connectivity index (χ0) is 20.7. The van der Waals surface area contributed by atoms with Gasteiger partial charge in [0.2, 0.25) is 0 Å². The Labute approximate surface area is 178 Å². The third-order valence-electron chi connectivity index (χ3n) is 6.84. The van der Waals surface area contributed by atoms with Gasteiger partial charge in [0.1, 0.15) is 0 Å². The number of urea groups is 1. The van der Waals surface area contributed by atoms with Crippen molar-refractivity contribution in [2.24, 2.45) is 0 Å². The molecule has 1 aliphatic carbocycles. The fourth-order valence-electron chi connectivity index (χ4n) is 5.53. The predicted molar refractivity (Wildman–Crippen MR) is 120 cm³/mol. The van der Waals surface area contributed by atoms with E-state index in [9.17, 15) is 4.79 Å². The number of nitrogens with zero attached hydrogens (tertiary/aromatic N) is 2. The number of aromatic amines is 1. The smallest absolute Gasteiger partial charge is 0.317 e. The summed E-state index contributed by atoms with van der Waals surface area (Å²) in [6.45, 7) is 11.9. The van der Waals surface area contributed by atoms with E-state index in [0.29, 0.717) is 12.0 Å². The van der Waals surface area contributed by atoms with E-state index in [1.165, 1.54) is 22.2 Å². The second kappa shape index (κ2) is 8.19. The molecular formula is C23H33ClN4O. The summed E-state index contributed by atoms with van der Waals surface area (Å²) in [5, 5.41) is 5.47. The van der Waals surface area contributed by atoms with Crippen LogP contribution in [-0.2, 0) is 6.42 Å². The maximum atomic E-state index is 12.7. The van der Waals surface area contributed by atoms with Crippen molar-refractivity contribution in [1.29, 1.82) is 0 Å². The molecule has 3 atom stereocenters. The van der Waals surface area contributed by atoms with Gasteiger partial charge < -0.3 is 15.2 Å². The summed E-state index contributed by atoms with van der Waals surface area (Å²) in [5.74, 6) is 0.390. The quantitative estimate of drug-likeness (QED) is 0.743. The van der Waals surface area contributed by atoms with Gasteiger partial charge in [-0.05, 0) is 69.8 Å². The van der Waals surface area contributed by atoms with Crippen LogP contribution in [0.25, 0.3) is 10.9 Å². The maximum absolute atomic E-state index is 12.7. The molecule has 5 nitrogen and oxygen atoms in total. The lowest BCUT2D eigenvalue weighted by atomic mass is 9.73. The maximum Gasteiger partial charge on any atom is 0.317 e. The molecule has 0 saturated carbocycles. The topological polar surface area (TPSA) is 51.4 Å². The summed E-state index contributed by atoms with van der Waals surface area (Å²) < 4.78 is 0. The van der Waals surface area contributed by atoms with Crippen molar-refractivity contribution in [2.75, 3.05) is 26.2 Å². The third-order valence-corrected chi connectivity index (χ3v) is 7.06. The minimum Gasteiger partial charge on any atom is -0.358 e. The molecule has 2 aromatic rings. The number of likely N-dealkylation sites (tertiary alicyclic amines) is 1. The molecule has 6 heteroatoms. The number of rotatable bonds is 5. The van der Waals surface area contributed by atoms with E-state index in [1.54, 1.807) is 0 Å². The number of carbonyl (C=O) groups is 1. The summed E-state index contributed by atoms with van der Waals surface area (Å²) in [7, 11) is 0. The number of hydrogen-bond donors (Lipinski definition) is 2. The van der Waals surface area contributed by atoms with Crippen LogP contribution >= 0.6 is 11.6 Å². The molecular weight excluding hydrogens is 384 g/mol. The van der Waals surface area contributed by atoms with Crippen LogP contribution in [0.15, 0.2) is 12.1 Å². The molecule has 2 N–H and O–H groups in total. The molecule has 1 unspecified atom stereocenters. The Bertz CT molecular complexity index is 904. The van der Waals surface area contributed by atoms with Gasteiger partial charge in [-0.25, -0.2) is 4.79 Å². The fourth-order valence-corrected chi connectivity index (χ4v) is 5.75. The van der Waals surface area contributed by atoms with E-state index in [1.807, 2.05) is 24.8 Å². The summed E-state index contributed by atoms with van der Waals surface area (Å²) >= 11 is 6.51. The average Bonchev–Trinajstić information content (AvgIpc) is 2.99. The molecule has 29 heavy (non-hydrogen) atoms. The Kier molecular flexibility index (Phi) is 5.80. The number of aromatic nitrogens is 1. The summed E-state index contributed by atoms with van der Waals surface area (Å²) in [6.07, 6.45) is 3.16. The van der Waals surface area contributed by atoms with E-state index < -0.39 is 0 Å². The molecule has 1 aliphatic heterocycles. The van der Waals surface area contributed by atoms with Crippen LogP contribution in [0.1, 0.15) is 56.4 Å². The van der Waals surface area contributed by atoms with Gasteiger partial charge >= 0.3 is 6.03 Å². The van der Waals surface area contributed by atoms with Crippen molar-refractivity contribution < 1.29 is 4.79 Å². The monoisotopic (exact) mass is 416 g/mol. The van der Waals surface area contributed by atoms with Gasteiger partial charge in [0.15, 0.2) is 0 Å². The zero-order valence-corrected chi connectivity index (χ0v) is 18.8. The van der Waals surface area contributed by atoms with Crippen molar-refractivity contribution in [1.82, 2.24) is 20.1 Å². The van der Waals surface area contributed by atoms with Crippen molar-refractivity contribution in [3.63, 3.8) is 0 Å². The van der Waals surface area contributed by atoms with Crippen LogP contribution in [0.5, 0.6) is 0 Å². The number of H-pyrrole nitrogens is 1. The minimum absolute atomic E-state index is 0.0557. The number of piperidine rings is 1. The van der Waals surface area contributed by atoms with E-state index in [0.717, 1.165) is 56.0 Å². The van der Waals surface area contributed by atoms with Crippen molar-refractivity contribution in [3.8, 4) is 0 Å². The predicted octanol–water partition coefficient (Wildman–Crippen LogP) is 4.67. The number of carbonyl (C=O) groups excluding carboxylic acids is 1. The molecule has 158 valence electrons. The number of amides is 2. The average molecular weight is 417 g/mol. The van der Waals surface area contributed by atoms with E-state index in [4.69, 9.17) is 11.6 Å². The van der Waals surface area contributed by atoms with Crippen molar-refractivity contribution in [2.45, 2.75) is 65.0 Å². The van der Waals surface area contributed by atoms with Gasteiger partial charge in [-0.15, -0.1) is 0 Å². The van der Waals surface area contributed by atoms with E-state index in [-0.39, 0.29) is 12.1 Å². The first-order chi connectivity index (χ1) is 14.0. The second-order valence-electron chi connectivity index (χ2n) is 8.57. The zero-order valence-electron chi connectivity index (χ0n) is 18.0. The molecule has 2 aliphatic rings. The van der Waals surface area contributed by atoms with Gasteiger partial charge in [0, 0.05) is 59.3 Å². The number of aryl methyl sites for hydroxylation is 1. The number of halogens is 1. The molecule has 0 radical (unpaired) electrons. The number of nitrogens with one attached hydrogen (secondary N) is 2. The lowest BCUT2D eigenvalue weighted by Gasteiger charge is -2.47. The van der Waals surface area contributed by atoms with Gasteiger partial charge in [0.05, 0.1) is 0 Å². The van der Waals surface area contributed by atoms with Crippen LogP contribution in [0.3, 0.4) is 0 Å². The molecule has 1 saturated heterocycles. The van der Waals surface area contributed by atoms with E-state index >= 15 is 0 Å². The van der Waals surface area contributed by atoms with Crippen molar-refractivity contribution >= 4 is 28.5 Å². The molecule has 0 bridgehead atoms. The van der Waals surface area contributed by atoms with Crippen LogP contribution in [0, 0.1) is 6.92 Å². The number of fused-ring (bicyclic) bond motifs is 2. The first-order valence-electron chi connectivity index (χ1n) is 11.1. The standard InChI is InChI=1S/C23H33ClN4O/c1-5-8-28-13-16(26-23(29)27(6-2)7-3)11-18-19-9-15(24)10-20-22(19)17(12-21(18)28)14(4)25-20/h9-10,16,18,21,25H,5-8,11-13H2,1-4H3,(H,26,29)/t16-,18?,21+/m0/s1. The highest BCUT2D eigenvalue weighted by Gasteiger charge is 2.41. The number of hydrogen-bond acceptors (Lipinski definition) is 2. The molecule has 4 rings (SSSR count). The summed E-state index contributed by atoms with van der Waals surface area (Å²) in [4.78, 5) is 20.7. The molecule has 2 amide bonds. The first-order valence-corrected chi connectivity index (χ1v) is 11.4. The first kappa shape index (κ1) is 20.5. The Morgan fingerprint density at radius 2 is 2.07 bits per heavy atom. The lowest BCUT2D eigenvalue weighted by molar-refractivity contribution is 0.0979. The Hall–Kier alpha value is -1.72. The van der Waals surface area contributed by atoms with Gasteiger partial charge in [-0.2, -0.15) is 0 Å². The van der Waals surface area contributed by atoms with Crippen LogP contribution in [0.2, 0.25) is 5.02 Å². The Morgan fingerprint density at radius 1 is 1.31 bits per heavy atom. The molecule has 1 aromatic carbocycles. The SMILES string of the molecule is CCCN1C[C@@H](NC(=O)N(CC)CC)CC2c3cc(Cl)cc4[nH]c(C)c(c34)C[C@H]21. The second-order valence-corrected chi connectivity index (χ2v) is 9.01. The molecule has 2 heterocycles. The molecule has 1 aromatic heterocycles. The van der Waals surface area contributed by atoms with Gasteiger partial charge in [-0.3, -0.25) is 4.90 Å². The minimum atomic E-state index is 0.0557. The largest absolute Gasteiger partial charge is 0.358 e. The fraction of sp³-hybridized carbons (Fsp3) is 0.609. The normalized spacial score (nSPS) is 23.8. The molecule has 1 fully saturated rings. The highest BCUT2D eigenvalue weighted by atomic mass is 35.5. The highest BCUT2D eigenvalue weighted by molar-refractivity contribution is 6.31. The Balaban J connectivity index is 1.69. The van der Waals surface area contributed by atoms with Crippen molar-refractivity contribution in [3.05, 3.63) is 34.0 Å². The summed E-state index contributed by atoms with van der Waals surface area (Å²) in [6, 6.07) is 4.89. The Morgan fingerprint density at radius 3 is 2.76 bits per heavy atom. The van der Waals surface area contributed by atoms with Gasteiger partial charge in [-0.1, -0.05) is 18.5 Å². The summed E-state index contributed by atoms with van der Waals surface area (Å²) in [5.41, 5.74) is 5.20. The molecule has 0 spiro atoms. The lowest BCUT2D eigenvalue weighted by Crippen LogP contribution is -2.57. The van der Waals surface area contributed by atoms with E-state index in [2.05, 4.69) is 35.1 Å². The van der Waals surface area contributed by atoms with Gasteiger partial charge in [0.25, 0.3) is 0 Å². The third kappa shape index (κ3) is 3.64. The number of benzene rings is 1. The highest BCUT2D eigenvalue weighted by Crippen LogP contribution is 2.45. The van der Waals surface area contributed by atoms with Crippen LogP contribution in [0.4, 0.5) is 4.79 Å². The van der Waals surface area contributed by atoms with Crippen LogP contribution < -0.4 is 5.32 Å². The van der Waals surface area contributed by atoms with Crippen LogP contribution in [-0.4, -0.2) is 59.1 Å².